The molecular formula is C19H15Cl2NO2. The van der Waals surface area contributed by atoms with Crippen molar-refractivity contribution in [2.75, 3.05) is 5.32 Å². The lowest BCUT2D eigenvalue weighted by molar-refractivity contribution is -0.122. The van der Waals surface area contributed by atoms with E-state index in [1.807, 2.05) is 42.5 Å². The zero-order chi connectivity index (χ0) is 17.1. The second kappa shape index (κ2) is 7.12. The van der Waals surface area contributed by atoms with Gasteiger partial charge in [-0.3, -0.25) is 4.79 Å². The zero-order valence-corrected chi connectivity index (χ0v) is 14.4. The molecule has 0 radical (unpaired) electrons. The molecule has 0 aliphatic heterocycles. The number of hydrogen-bond acceptors (Lipinski definition) is 2. The van der Waals surface area contributed by atoms with Gasteiger partial charge in [-0.25, -0.2) is 0 Å². The van der Waals surface area contributed by atoms with Gasteiger partial charge >= 0.3 is 0 Å². The summed E-state index contributed by atoms with van der Waals surface area (Å²) < 4.78 is 5.74. The summed E-state index contributed by atoms with van der Waals surface area (Å²) in [6.07, 6.45) is -0.679. The van der Waals surface area contributed by atoms with Gasteiger partial charge in [0.1, 0.15) is 5.75 Å². The van der Waals surface area contributed by atoms with E-state index in [0.29, 0.717) is 21.5 Å². The van der Waals surface area contributed by atoms with Gasteiger partial charge in [0, 0.05) is 0 Å². The average molecular weight is 360 g/mol. The van der Waals surface area contributed by atoms with Crippen LogP contribution in [0.2, 0.25) is 10.0 Å². The summed E-state index contributed by atoms with van der Waals surface area (Å²) in [5, 5.41) is 5.60. The zero-order valence-electron chi connectivity index (χ0n) is 12.9. The van der Waals surface area contributed by atoms with Gasteiger partial charge in [-0.2, -0.15) is 0 Å². The van der Waals surface area contributed by atoms with Crippen LogP contribution in [0.3, 0.4) is 0 Å². The van der Waals surface area contributed by atoms with Gasteiger partial charge in [0.05, 0.1) is 15.7 Å². The number of hydrogen-bond donors (Lipinski definition) is 1. The number of benzene rings is 3. The number of halogens is 2. The average Bonchev–Trinajstić information content (AvgIpc) is 2.58. The molecule has 1 amide bonds. The van der Waals surface area contributed by atoms with Gasteiger partial charge in [0.15, 0.2) is 6.10 Å². The normalized spacial score (nSPS) is 12.0. The monoisotopic (exact) mass is 359 g/mol. The third kappa shape index (κ3) is 3.64. The van der Waals surface area contributed by atoms with E-state index in [0.717, 1.165) is 10.8 Å². The first-order valence-electron chi connectivity index (χ1n) is 7.45. The van der Waals surface area contributed by atoms with Crippen molar-refractivity contribution in [3.05, 3.63) is 70.7 Å². The van der Waals surface area contributed by atoms with E-state index in [4.69, 9.17) is 27.9 Å². The van der Waals surface area contributed by atoms with Crippen LogP contribution in [0.4, 0.5) is 5.69 Å². The van der Waals surface area contributed by atoms with Crippen LogP contribution in [0, 0.1) is 0 Å². The van der Waals surface area contributed by atoms with Crippen molar-refractivity contribution in [3.63, 3.8) is 0 Å². The van der Waals surface area contributed by atoms with Gasteiger partial charge in [-0.1, -0.05) is 59.6 Å². The number of carbonyl (C=O) groups excluding carboxylic acids is 1. The lowest BCUT2D eigenvalue weighted by Gasteiger charge is -2.16. The summed E-state index contributed by atoms with van der Waals surface area (Å²) in [5.41, 5.74) is 0.461. The summed E-state index contributed by atoms with van der Waals surface area (Å²) in [6, 6.07) is 18.8. The number of carbonyl (C=O) groups is 1. The van der Waals surface area contributed by atoms with Crippen LogP contribution in [0.1, 0.15) is 6.92 Å². The molecule has 0 fully saturated rings. The molecule has 3 aromatic rings. The number of rotatable bonds is 4. The second-order valence-electron chi connectivity index (χ2n) is 5.36. The highest BCUT2D eigenvalue weighted by molar-refractivity contribution is 6.44. The molecule has 3 aromatic carbocycles. The molecule has 0 spiro atoms. The molecule has 24 heavy (non-hydrogen) atoms. The molecule has 0 saturated carbocycles. The molecule has 3 rings (SSSR count). The molecule has 0 aliphatic rings. The lowest BCUT2D eigenvalue weighted by atomic mass is 10.1. The Morgan fingerprint density at radius 2 is 1.75 bits per heavy atom. The molecule has 1 unspecified atom stereocenters. The topological polar surface area (TPSA) is 38.3 Å². The predicted octanol–water partition coefficient (Wildman–Crippen LogP) is 5.55. The van der Waals surface area contributed by atoms with E-state index in [1.165, 1.54) is 0 Å². The quantitative estimate of drug-likeness (QED) is 0.662. The molecule has 5 heteroatoms. The van der Waals surface area contributed by atoms with E-state index in [9.17, 15) is 4.79 Å². The van der Waals surface area contributed by atoms with E-state index < -0.39 is 6.10 Å². The van der Waals surface area contributed by atoms with Crippen LogP contribution in [-0.2, 0) is 4.79 Å². The molecule has 122 valence electrons. The van der Waals surface area contributed by atoms with Crippen molar-refractivity contribution >= 4 is 45.6 Å². The maximum absolute atomic E-state index is 12.3. The van der Waals surface area contributed by atoms with Crippen LogP contribution in [-0.4, -0.2) is 12.0 Å². The Hall–Kier alpha value is -2.23. The number of ether oxygens (including phenoxy) is 1. The molecular weight excluding hydrogens is 345 g/mol. The molecule has 0 saturated heterocycles. The summed E-state index contributed by atoms with van der Waals surface area (Å²) in [5.74, 6) is 0.334. The number of anilines is 1. The lowest BCUT2D eigenvalue weighted by Crippen LogP contribution is -2.30. The maximum atomic E-state index is 12.3. The molecule has 1 atom stereocenters. The SMILES string of the molecule is CC(Oc1ccc2ccccc2c1)C(=O)Nc1cccc(Cl)c1Cl. The second-order valence-corrected chi connectivity index (χ2v) is 6.14. The minimum atomic E-state index is -0.679. The largest absolute Gasteiger partial charge is 0.481 e. The first-order chi connectivity index (χ1) is 11.5. The molecule has 3 nitrogen and oxygen atoms in total. The molecule has 0 aromatic heterocycles. The Kier molecular flexibility index (Phi) is 4.93. The minimum absolute atomic E-state index is 0.299. The Labute approximate surface area is 150 Å². The standard InChI is InChI=1S/C19H15Cl2NO2/c1-12(19(23)22-17-8-4-7-16(20)18(17)21)24-15-10-9-13-5-2-3-6-14(13)11-15/h2-12H,1H3,(H,22,23). The fourth-order valence-corrected chi connectivity index (χ4v) is 2.68. The van der Waals surface area contributed by atoms with Crippen molar-refractivity contribution in [3.8, 4) is 5.75 Å². The first-order valence-corrected chi connectivity index (χ1v) is 8.20. The Morgan fingerprint density at radius 3 is 2.54 bits per heavy atom. The van der Waals surface area contributed by atoms with Crippen molar-refractivity contribution in [1.82, 2.24) is 0 Å². The van der Waals surface area contributed by atoms with Gasteiger partial charge in [0.2, 0.25) is 0 Å². The predicted molar refractivity (Wildman–Crippen MR) is 99.1 cm³/mol. The van der Waals surface area contributed by atoms with Crippen LogP contribution < -0.4 is 10.1 Å². The Morgan fingerprint density at radius 1 is 1.00 bits per heavy atom. The smallest absolute Gasteiger partial charge is 0.265 e. The van der Waals surface area contributed by atoms with Crippen LogP contribution in [0.5, 0.6) is 5.75 Å². The highest BCUT2D eigenvalue weighted by Crippen LogP contribution is 2.29. The summed E-state index contributed by atoms with van der Waals surface area (Å²) in [6.45, 7) is 1.68. The number of nitrogens with one attached hydrogen (secondary N) is 1. The van der Waals surface area contributed by atoms with Crippen molar-refractivity contribution in [1.29, 1.82) is 0 Å². The van der Waals surface area contributed by atoms with Gasteiger partial charge in [0.25, 0.3) is 5.91 Å². The molecule has 1 N–H and O–H groups in total. The Balaban J connectivity index is 1.72. The van der Waals surface area contributed by atoms with Crippen LogP contribution in [0.25, 0.3) is 10.8 Å². The van der Waals surface area contributed by atoms with Crippen molar-refractivity contribution in [2.24, 2.45) is 0 Å². The van der Waals surface area contributed by atoms with E-state index in [2.05, 4.69) is 5.32 Å². The van der Waals surface area contributed by atoms with Gasteiger partial charge in [-0.05, 0) is 42.0 Å². The summed E-state index contributed by atoms with van der Waals surface area (Å²) in [4.78, 5) is 12.3. The third-order valence-electron chi connectivity index (χ3n) is 3.61. The number of amides is 1. The minimum Gasteiger partial charge on any atom is -0.481 e. The van der Waals surface area contributed by atoms with Gasteiger partial charge < -0.3 is 10.1 Å². The Bertz CT molecular complexity index is 895. The van der Waals surface area contributed by atoms with Gasteiger partial charge in [-0.15, -0.1) is 0 Å². The number of fused-ring (bicyclic) bond motifs is 1. The van der Waals surface area contributed by atoms with Crippen LogP contribution >= 0.6 is 23.2 Å². The van der Waals surface area contributed by atoms with Crippen molar-refractivity contribution < 1.29 is 9.53 Å². The van der Waals surface area contributed by atoms with E-state index in [-0.39, 0.29) is 5.91 Å². The molecule has 0 bridgehead atoms. The maximum Gasteiger partial charge on any atom is 0.265 e. The van der Waals surface area contributed by atoms with Crippen molar-refractivity contribution in [2.45, 2.75) is 13.0 Å². The fourth-order valence-electron chi connectivity index (χ4n) is 2.33. The molecule has 0 aliphatic carbocycles. The third-order valence-corrected chi connectivity index (χ3v) is 4.43. The highest BCUT2D eigenvalue weighted by Gasteiger charge is 2.17. The first kappa shape index (κ1) is 16.6. The molecule has 0 heterocycles. The highest BCUT2D eigenvalue weighted by atomic mass is 35.5. The summed E-state index contributed by atoms with van der Waals surface area (Å²) in [7, 11) is 0. The fraction of sp³-hybridized carbons (Fsp3) is 0.105. The summed E-state index contributed by atoms with van der Waals surface area (Å²) >= 11 is 12.0. The van der Waals surface area contributed by atoms with Crippen LogP contribution in [0.15, 0.2) is 60.7 Å². The van der Waals surface area contributed by atoms with E-state index in [1.54, 1.807) is 25.1 Å². The van der Waals surface area contributed by atoms with E-state index >= 15 is 0 Å².